The Hall–Kier alpha value is -2.90. The van der Waals surface area contributed by atoms with Crippen LogP contribution in [0.15, 0.2) is 40.4 Å². The summed E-state index contributed by atoms with van der Waals surface area (Å²) in [7, 11) is 2.14. The van der Waals surface area contributed by atoms with Crippen molar-refractivity contribution >= 4 is 35.1 Å². The van der Waals surface area contributed by atoms with Crippen LogP contribution in [0.25, 0.3) is 6.08 Å². The molecular formula is C27H33ClN6O. The van der Waals surface area contributed by atoms with Crippen LogP contribution in [0.1, 0.15) is 38.8 Å². The van der Waals surface area contributed by atoms with E-state index in [-0.39, 0.29) is 11.4 Å². The van der Waals surface area contributed by atoms with Gasteiger partial charge in [-0.3, -0.25) is 4.99 Å². The van der Waals surface area contributed by atoms with Crippen molar-refractivity contribution in [1.29, 1.82) is 0 Å². The summed E-state index contributed by atoms with van der Waals surface area (Å²) in [5.74, 6) is 2.85. The number of nitrogens with one attached hydrogen (secondary N) is 1. The molecule has 0 radical (unpaired) electrons. The highest BCUT2D eigenvalue weighted by atomic mass is 35.5. The molecule has 0 spiro atoms. The molecule has 2 aliphatic heterocycles. The Morgan fingerprint density at radius 2 is 1.83 bits per heavy atom. The highest BCUT2D eigenvalue weighted by Gasteiger charge is 2.23. The number of benzene rings is 1. The molecule has 0 saturated carbocycles. The average molecular weight is 493 g/mol. The molecule has 5 rings (SSSR count). The quantitative estimate of drug-likeness (QED) is 0.613. The van der Waals surface area contributed by atoms with Crippen molar-refractivity contribution in [2.24, 2.45) is 10.4 Å². The van der Waals surface area contributed by atoms with Crippen molar-refractivity contribution in [3.8, 4) is 11.8 Å². The fraction of sp³-hybridized carbons (Fsp3) is 0.444. The van der Waals surface area contributed by atoms with Gasteiger partial charge in [-0.1, -0.05) is 50.1 Å². The first-order valence-corrected chi connectivity index (χ1v) is 12.5. The second kappa shape index (κ2) is 9.28. The van der Waals surface area contributed by atoms with Gasteiger partial charge in [0.05, 0.1) is 11.6 Å². The summed E-state index contributed by atoms with van der Waals surface area (Å²) >= 11 is 6.73. The van der Waals surface area contributed by atoms with Gasteiger partial charge in [0.2, 0.25) is 0 Å². The number of hydrogen-bond acceptors (Lipinski definition) is 7. The van der Waals surface area contributed by atoms with Crippen LogP contribution >= 0.6 is 11.6 Å². The SMILES string of the molecule is CC1=Cc2c(ccc(Oc3nc(NC4=NCC(C(C)(C)C)=C4)cc(N4CCN(C)CC4)n3)c2Cl)C1. The maximum absolute atomic E-state index is 6.73. The number of hydrogen-bond donors (Lipinski definition) is 1. The molecule has 1 aromatic heterocycles. The molecule has 184 valence electrons. The molecule has 0 amide bonds. The zero-order valence-electron chi connectivity index (χ0n) is 21.2. The minimum absolute atomic E-state index is 0.0784. The van der Waals surface area contributed by atoms with Gasteiger partial charge in [0.25, 0.3) is 0 Å². The highest BCUT2D eigenvalue weighted by molar-refractivity contribution is 6.33. The van der Waals surface area contributed by atoms with E-state index in [1.165, 1.54) is 16.7 Å². The summed E-state index contributed by atoms with van der Waals surface area (Å²) in [6, 6.07) is 6.22. The summed E-state index contributed by atoms with van der Waals surface area (Å²) in [6.45, 7) is 13.2. The second-order valence-electron chi connectivity index (χ2n) is 10.7. The summed E-state index contributed by atoms with van der Waals surface area (Å²) in [5, 5.41) is 3.98. The molecule has 3 heterocycles. The van der Waals surface area contributed by atoms with Crippen LogP contribution in [0.2, 0.25) is 5.02 Å². The summed E-state index contributed by atoms with van der Waals surface area (Å²) in [5.41, 5.74) is 4.90. The van der Waals surface area contributed by atoms with Crippen LogP contribution in [0, 0.1) is 5.41 Å². The number of aromatic nitrogens is 2. The van der Waals surface area contributed by atoms with Crippen molar-refractivity contribution in [2.45, 2.75) is 34.1 Å². The lowest BCUT2D eigenvalue weighted by Gasteiger charge is -2.33. The standard InChI is InChI=1S/C27H33ClN6O/c1-17-12-18-6-7-21(25(28)20(18)13-17)35-26-31-23(30-22-14-19(16-29-22)27(2,3)4)15-24(32-26)34-10-8-33(5)9-11-34/h6-7,13-15H,8-12,16H2,1-5H3,(H,29,30,31,32). The van der Waals surface area contributed by atoms with E-state index < -0.39 is 0 Å². The van der Waals surface area contributed by atoms with E-state index >= 15 is 0 Å². The van der Waals surface area contributed by atoms with Gasteiger partial charge in [-0.05, 0) is 49.1 Å². The molecule has 0 atom stereocenters. The Morgan fingerprint density at radius 1 is 1.06 bits per heavy atom. The number of piperazine rings is 1. The van der Waals surface area contributed by atoms with E-state index in [0.29, 0.717) is 23.1 Å². The van der Waals surface area contributed by atoms with Crippen LogP contribution < -0.4 is 15.0 Å². The molecule has 0 bridgehead atoms. The predicted octanol–water partition coefficient (Wildman–Crippen LogP) is 5.43. The predicted molar refractivity (Wildman–Crippen MR) is 144 cm³/mol. The number of rotatable bonds is 4. The van der Waals surface area contributed by atoms with Crippen LogP contribution in [0.3, 0.4) is 0 Å². The zero-order chi connectivity index (χ0) is 24.7. The van der Waals surface area contributed by atoms with Gasteiger partial charge < -0.3 is 19.9 Å². The number of allylic oxidation sites excluding steroid dienone is 1. The average Bonchev–Trinajstić information content (AvgIpc) is 3.43. The molecule has 1 aliphatic carbocycles. The van der Waals surface area contributed by atoms with E-state index in [1.807, 2.05) is 12.1 Å². The maximum Gasteiger partial charge on any atom is 0.325 e. The Morgan fingerprint density at radius 3 is 2.54 bits per heavy atom. The highest BCUT2D eigenvalue weighted by Crippen LogP contribution is 2.39. The summed E-state index contributed by atoms with van der Waals surface area (Å²) in [6.07, 6.45) is 5.16. The van der Waals surface area contributed by atoms with Gasteiger partial charge in [-0.2, -0.15) is 9.97 Å². The van der Waals surface area contributed by atoms with Gasteiger partial charge in [-0.15, -0.1) is 0 Å². The number of halogens is 1. The second-order valence-corrected chi connectivity index (χ2v) is 11.0. The monoisotopic (exact) mass is 492 g/mol. The van der Waals surface area contributed by atoms with Crippen LogP contribution in [0.4, 0.5) is 11.6 Å². The molecule has 1 fully saturated rings. The number of likely N-dealkylation sites (N-methyl/N-ethyl adjacent to an activating group) is 1. The number of anilines is 2. The lowest BCUT2D eigenvalue weighted by molar-refractivity contribution is 0.311. The Labute approximate surface area is 212 Å². The third-order valence-electron chi connectivity index (χ3n) is 6.77. The molecule has 1 N–H and O–H groups in total. The van der Waals surface area contributed by atoms with Crippen molar-refractivity contribution in [1.82, 2.24) is 14.9 Å². The molecule has 7 nitrogen and oxygen atoms in total. The van der Waals surface area contributed by atoms with Gasteiger partial charge in [0, 0.05) is 37.8 Å². The fourth-order valence-electron chi connectivity index (χ4n) is 4.51. The minimum atomic E-state index is 0.0784. The van der Waals surface area contributed by atoms with Crippen molar-refractivity contribution < 1.29 is 4.74 Å². The lowest BCUT2D eigenvalue weighted by Crippen LogP contribution is -2.44. The Bertz CT molecular complexity index is 1230. The van der Waals surface area contributed by atoms with Gasteiger partial charge in [0.15, 0.2) is 0 Å². The van der Waals surface area contributed by atoms with E-state index in [4.69, 9.17) is 21.3 Å². The van der Waals surface area contributed by atoms with Crippen molar-refractivity contribution in [3.05, 3.63) is 51.6 Å². The van der Waals surface area contributed by atoms with E-state index in [9.17, 15) is 0 Å². The Balaban J connectivity index is 1.45. The largest absolute Gasteiger partial charge is 0.423 e. The smallest absolute Gasteiger partial charge is 0.325 e. The summed E-state index contributed by atoms with van der Waals surface area (Å²) in [4.78, 5) is 18.7. The normalized spacial score (nSPS) is 18.2. The van der Waals surface area contributed by atoms with Gasteiger partial charge in [0.1, 0.15) is 23.2 Å². The molecule has 8 heteroatoms. The van der Waals surface area contributed by atoms with Crippen molar-refractivity contribution in [2.75, 3.05) is 50.0 Å². The third-order valence-corrected chi connectivity index (χ3v) is 7.16. The molecule has 1 saturated heterocycles. The first-order valence-electron chi connectivity index (χ1n) is 12.2. The topological polar surface area (TPSA) is 65.9 Å². The molecule has 1 aromatic carbocycles. The Kier molecular flexibility index (Phi) is 6.32. The number of aliphatic imine (C=N–C) groups is 1. The minimum Gasteiger partial charge on any atom is -0.423 e. The van der Waals surface area contributed by atoms with Gasteiger partial charge in [-0.25, -0.2) is 0 Å². The zero-order valence-corrected chi connectivity index (χ0v) is 21.9. The third kappa shape index (κ3) is 5.21. The number of nitrogens with zero attached hydrogens (tertiary/aromatic N) is 5. The van der Waals surface area contributed by atoms with Crippen LogP contribution in [0.5, 0.6) is 11.8 Å². The summed E-state index contributed by atoms with van der Waals surface area (Å²) < 4.78 is 6.19. The molecule has 3 aliphatic rings. The van der Waals surface area contributed by atoms with Crippen LogP contribution in [-0.4, -0.2) is 60.5 Å². The van der Waals surface area contributed by atoms with Crippen molar-refractivity contribution in [3.63, 3.8) is 0 Å². The maximum atomic E-state index is 6.73. The molecule has 2 aromatic rings. The van der Waals surface area contributed by atoms with E-state index in [2.05, 4.69) is 78.1 Å². The molecular weight excluding hydrogens is 460 g/mol. The van der Waals surface area contributed by atoms with E-state index in [0.717, 1.165) is 49.8 Å². The van der Waals surface area contributed by atoms with Gasteiger partial charge >= 0.3 is 6.01 Å². The molecule has 0 unspecified atom stereocenters. The van der Waals surface area contributed by atoms with E-state index in [1.54, 1.807) is 0 Å². The lowest BCUT2D eigenvalue weighted by atomic mass is 9.87. The number of ether oxygens (including phenoxy) is 1. The first-order chi connectivity index (χ1) is 16.7. The first kappa shape index (κ1) is 23.8. The molecule has 35 heavy (non-hydrogen) atoms. The number of fused-ring (bicyclic) bond motifs is 1. The van der Waals surface area contributed by atoms with Crippen LogP contribution in [-0.2, 0) is 6.42 Å². The fourth-order valence-corrected chi connectivity index (χ4v) is 4.78. The number of amidine groups is 1.